The van der Waals surface area contributed by atoms with Gasteiger partial charge in [0.15, 0.2) is 0 Å². The summed E-state index contributed by atoms with van der Waals surface area (Å²) in [7, 11) is 0. The highest BCUT2D eigenvalue weighted by molar-refractivity contribution is 7.09. The van der Waals surface area contributed by atoms with E-state index in [4.69, 9.17) is 0 Å². The molecule has 0 bridgehead atoms. The third-order valence-corrected chi connectivity index (χ3v) is 5.90. The summed E-state index contributed by atoms with van der Waals surface area (Å²) in [4.78, 5) is 21.2. The molecule has 1 aliphatic carbocycles. The van der Waals surface area contributed by atoms with Gasteiger partial charge < -0.3 is 15.1 Å². The normalized spacial score (nSPS) is 19.8. The van der Waals surface area contributed by atoms with Crippen LogP contribution in [0.4, 0.5) is 9.93 Å². The van der Waals surface area contributed by atoms with Crippen LogP contribution in [0.25, 0.3) is 0 Å². The van der Waals surface area contributed by atoms with Crippen LogP contribution in [0.2, 0.25) is 0 Å². The van der Waals surface area contributed by atoms with E-state index in [0.29, 0.717) is 5.92 Å². The zero-order valence-corrected chi connectivity index (χ0v) is 15.3. The molecule has 0 spiro atoms. The average molecular weight is 357 g/mol. The summed E-state index contributed by atoms with van der Waals surface area (Å²) in [6.07, 6.45) is 2.03. The molecule has 2 heterocycles. The van der Waals surface area contributed by atoms with Gasteiger partial charge in [-0.25, -0.2) is 9.78 Å². The lowest BCUT2D eigenvalue weighted by atomic mass is 9.78. The van der Waals surface area contributed by atoms with Crippen molar-refractivity contribution in [3.63, 3.8) is 0 Å². The van der Waals surface area contributed by atoms with Crippen LogP contribution in [-0.4, -0.2) is 53.0 Å². The Kier molecular flexibility index (Phi) is 4.57. The number of carbonyl (C=O) groups is 1. The molecular weight excluding hydrogens is 334 g/mol. The molecule has 1 fully saturated rings. The van der Waals surface area contributed by atoms with Gasteiger partial charge in [-0.1, -0.05) is 24.3 Å². The van der Waals surface area contributed by atoms with E-state index in [0.717, 1.165) is 56.5 Å². The lowest BCUT2D eigenvalue weighted by Crippen LogP contribution is -2.44. The smallest absolute Gasteiger partial charge is 0.317 e. The second-order valence-electron chi connectivity index (χ2n) is 6.74. The molecule has 7 heteroatoms. The van der Waals surface area contributed by atoms with Gasteiger partial charge in [0.05, 0.1) is 0 Å². The largest absolute Gasteiger partial charge is 0.345 e. The van der Waals surface area contributed by atoms with Crippen LogP contribution in [0.3, 0.4) is 0 Å². The number of carbonyl (C=O) groups excluding carboxylic acids is 1. The Morgan fingerprint density at radius 1 is 1.28 bits per heavy atom. The van der Waals surface area contributed by atoms with Crippen molar-refractivity contribution in [1.29, 1.82) is 0 Å². The van der Waals surface area contributed by atoms with E-state index < -0.39 is 0 Å². The van der Waals surface area contributed by atoms with Crippen LogP contribution in [0.5, 0.6) is 0 Å². The van der Waals surface area contributed by atoms with Crippen molar-refractivity contribution in [3.05, 3.63) is 41.2 Å². The Labute approximate surface area is 152 Å². The number of nitrogens with one attached hydrogen (secondary N) is 1. The molecule has 1 saturated heterocycles. The molecule has 2 amide bonds. The van der Waals surface area contributed by atoms with E-state index in [2.05, 4.69) is 43.8 Å². The first-order valence-corrected chi connectivity index (χ1v) is 9.64. The van der Waals surface area contributed by atoms with E-state index in [9.17, 15) is 4.79 Å². The van der Waals surface area contributed by atoms with Crippen molar-refractivity contribution in [2.45, 2.75) is 25.7 Å². The SMILES string of the molecule is Cc1nsc(N2CCCN(C(=O)NC[C@H]3Cc4ccccc43)CC2)n1. The first-order chi connectivity index (χ1) is 12.2. The number of urea groups is 1. The Bertz CT molecular complexity index is 761. The van der Waals surface area contributed by atoms with Gasteiger partial charge in [-0.2, -0.15) is 4.37 Å². The Morgan fingerprint density at radius 2 is 2.16 bits per heavy atom. The predicted octanol–water partition coefficient (Wildman–Crippen LogP) is 2.41. The van der Waals surface area contributed by atoms with Gasteiger partial charge in [0.2, 0.25) is 5.13 Å². The van der Waals surface area contributed by atoms with Gasteiger partial charge in [-0.3, -0.25) is 0 Å². The van der Waals surface area contributed by atoms with Gasteiger partial charge in [0.1, 0.15) is 5.82 Å². The quantitative estimate of drug-likeness (QED) is 0.916. The molecule has 1 N–H and O–H groups in total. The Morgan fingerprint density at radius 3 is 2.96 bits per heavy atom. The second kappa shape index (κ2) is 7.00. The molecule has 132 valence electrons. The van der Waals surface area contributed by atoms with E-state index in [-0.39, 0.29) is 6.03 Å². The van der Waals surface area contributed by atoms with Crippen LogP contribution in [0.1, 0.15) is 29.3 Å². The number of aromatic nitrogens is 2. The Hall–Kier alpha value is -2.15. The maximum atomic E-state index is 12.5. The molecule has 6 nitrogen and oxygen atoms in total. The van der Waals surface area contributed by atoms with Gasteiger partial charge in [0.25, 0.3) is 0 Å². The molecule has 0 unspecified atom stereocenters. The molecule has 25 heavy (non-hydrogen) atoms. The number of hydrogen-bond donors (Lipinski definition) is 1. The number of aryl methyl sites for hydroxylation is 1. The topological polar surface area (TPSA) is 61.4 Å². The van der Waals surface area contributed by atoms with Crippen LogP contribution < -0.4 is 10.2 Å². The van der Waals surface area contributed by atoms with Crippen molar-refractivity contribution >= 4 is 22.7 Å². The maximum absolute atomic E-state index is 12.5. The van der Waals surface area contributed by atoms with Crippen molar-refractivity contribution < 1.29 is 4.79 Å². The third kappa shape index (κ3) is 3.46. The van der Waals surface area contributed by atoms with Gasteiger partial charge in [-0.15, -0.1) is 0 Å². The highest BCUT2D eigenvalue weighted by Crippen LogP contribution is 2.34. The number of hydrogen-bond acceptors (Lipinski definition) is 5. The first-order valence-electron chi connectivity index (χ1n) is 8.86. The van der Waals surface area contributed by atoms with Gasteiger partial charge in [0, 0.05) is 50.2 Å². The number of anilines is 1. The third-order valence-electron chi connectivity index (χ3n) is 5.03. The van der Waals surface area contributed by atoms with Crippen molar-refractivity contribution in [2.75, 3.05) is 37.6 Å². The zero-order chi connectivity index (χ0) is 17.2. The summed E-state index contributed by atoms with van der Waals surface area (Å²) in [5.41, 5.74) is 2.80. The predicted molar refractivity (Wildman–Crippen MR) is 99.3 cm³/mol. The summed E-state index contributed by atoms with van der Waals surface area (Å²) in [6, 6.07) is 8.55. The average Bonchev–Trinajstić information content (AvgIpc) is 2.88. The summed E-state index contributed by atoms with van der Waals surface area (Å²) in [5.74, 6) is 1.28. The lowest BCUT2D eigenvalue weighted by Gasteiger charge is -2.31. The number of benzene rings is 1. The monoisotopic (exact) mass is 357 g/mol. The highest BCUT2D eigenvalue weighted by atomic mass is 32.1. The van der Waals surface area contributed by atoms with Crippen molar-refractivity contribution in [2.24, 2.45) is 0 Å². The fourth-order valence-corrected chi connectivity index (χ4v) is 4.32. The minimum Gasteiger partial charge on any atom is -0.345 e. The molecule has 1 aromatic heterocycles. The van der Waals surface area contributed by atoms with E-state index >= 15 is 0 Å². The fourth-order valence-electron chi connectivity index (χ4n) is 3.59. The number of rotatable bonds is 3. The fraction of sp³-hybridized carbons (Fsp3) is 0.500. The summed E-state index contributed by atoms with van der Waals surface area (Å²) in [5, 5.41) is 4.09. The molecule has 4 rings (SSSR count). The van der Waals surface area contributed by atoms with Crippen molar-refractivity contribution in [1.82, 2.24) is 19.6 Å². The molecule has 0 saturated carbocycles. The van der Waals surface area contributed by atoms with E-state index in [1.807, 2.05) is 11.8 Å². The first kappa shape index (κ1) is 16.3. The van der Waals surface area contributed by atoms with Crippen LogP contribution in [0.15, 0.2) is 24.3 Å². The van der Waals surface area contributed by atoms with Crippen LogP contribution >= 0.6 is 11.5 Å². The molecule has 1 aromatic carbocycles. The molecular formula is C18H23N5OS. The number of nitrogens with zero attached hydrogens (tertiary/aromatic N) is 4. The van der Waals surface area contributed by atoms with Gasteiger partial charge in [-0.05, 0) is 30.9 Å². The summed E-state index contributed by atoms with van der Waals surface area (Å²) >= 11 is 1.44. The molecule has 2 aromatic rings. The van der Waals surface area contributed by atoms with E-state index in [1.165, 1.54) is 22.7 Å². The van der Waals surface area contributed by atoms with E-state index in [1.54, 1.807) is 0 Å². The molecule has 2 aliphatic rings. The number of fused-ring (bicyclic) bond motifs is 1. The highest BCUT2D eigenvalue weighted by Gasteiger charge is 2.27. The summed E-state index contributed by atoms with van der Waals surface area (Å²) < 4.78 is 4.26. The maximum Gasteiger partial charge on any atom is 0.317 e. The minimum absolute atomic E-state index is 0.0553. The van der Waals surface area contributed by atoms with Crippen LogP contribution in [0, 0.1) is 6.92 Å². The molecule has 0 radical (unpaired) electrons. The minimum atomic E-state index is 0.0553. The Balaban J connectivity index is 1.28. The van der Waals surface area contributed by atoms with Gasteiger partial charge >= 0.3 is 6.03 Å². The lowest BCUT2D eigenvalue weighted by molar-refractivity contribution is 0.200. The standard InChI is InChI=1S/C18H23N5OS/c1-13-20-18(25-21-13)23-8-4-7-22(9-10-23)17(24)19-12-15-11-14-5-2-3-6-16(14)15/h2-3,5-6,15H,4,7-12H2,1H3,(H,19,24)/t15-/m1/s1. The number of amides is 2. The van der Waals surface area contributed by atoms with Crippen molar-refractivity contribution in [3.8, 4) is 0 Å². The molecule has 1 atom stereocenters. The molecule has 1 aliphatic heterocycles. The van der Waals surface area contributed by atoms with Crippen LogP contribution in [-0.2, 0) is 6.42 Å². The zero-order valence-electron chi connectivity index (χ0n) is 14.4. The second-order valence-corrected chi connectivity index (χ2v) is 7.47. The summed E-state index contributed by atoms with van der Waals surface area (Å²) in [6.45, 7) is 5.90.